The Labute approximate surface area is 790 Å². The Balaban J connectivity index is 1.16. The summed E-state index contributed by atoms with van der Waals surface area (Å²) in [5.74, 6) is -21.9. The number of carboxylic acid groups (broad SMARTS) is 3. The lowest BCUT2D eigenvalue weighted by molar-refractivity contribution is -0.146. The minimum absolute atomic E-state index is 0.0189. The lowest BCUT2D eigenvalue weighted by atomic mass is 9.95. The molecule has 0 saturated carbocycles. The molecule has 0 aliphatic carbocycles. The van der Waals surface area contributed by atoms with Crippen LogP contribution in [0.5, 0.6) is 5.75 Å². The number of fused-ring (bicyclic) bond motifs is 1. The van der Waals surface area contributed by atoms with Crippen LogP contribution in [0.25, 0.3) is 10.9 Å². The summed E-state index contributed by atoms with van der Waals surface area (Å²) in [4.78, 5) is 262. The molecule has 3 heterocycles. The largest absolute Gasteiger partial charge is 0.508 e. The number of carbonyl (C=O) groups excluding carboxylic acids is 15. The van der Waals surface area contributed by atoms with Crippen molar-refractivity contribution >= 4 is 123 Å². The van der Waals surface area contributed by atoms with Gasteiger partial charge in [-0.2, -0.15) is 0 Å². The van der Waals surface area contributed by atoms with Crippen molar-refractivity contribution in [2.24, 2.45) is 35.0 Å². The van der Waals surface area contributed by atoms with Gasteiger partial charge in [0.2, 0.25) is 88.6 Å². The predicted molar refractivity (Wildman–Crippen MR) is 494 cm³/mol. The van der Waals surface area contributed by atoms with Gasteiger partial charge in [-0.3, -0.25) is 91.7 Å². The number of aromatic hydroxyl groups is 1. The summed E-state index contributed by atoms with van der Waals surface area (Å²) in [6.07, 6.45) is 0.134. The van der Waals surface area contributed by atoms with E-state index in [-0.39, 0.29) is 108 Å². The number of benzene rings is 3. The van der Waals surface area contributed by atoms with Crippen molar-refractivity contribution in [1.29, 1.82) is 5.41 Å². The molecule has 17 atom stereocenters. The van der Waals surface area contributed by atoms with Crippen LogP contribution in [0.2, 0.25) is 0 Å². The third-order valence-electron chi connectivity index (χ3n) is 22.8. The number of H-pyrrole nitrogens is 2. The summed E-state index contributed by atoms with van der Waals surface area (Å²) in [5.41, 5.74) is 19.4. The summed E-state index contributed by atoms with van der Waals surface area (Å²) in [7, 11) is 0. The van der Waals surface area contributed by atoms with Crippen molar-refractivity contribution in [2.45, 2.75) is 255 Å². The molecule has 1 aliphatic rings. The number of aromatic nitrogens is 3. The number of carboxylic acids is 3. The number of nitrogens with two attached hydrogens (primary N) is 3. The maximum absolute atomic E-state index is 15.2. The van der Waals surface area contributed by atoms with Gasteiger partial charge < -0.3 is 142 Å². The second kappa shape index (κ2) is 55.6. The fourth-order valence-corrected chi connectivity index (χ4v) is 14.9. The van der Waals surface area contributed by atoms with Crippen molar-refractivity contribution in [3.63, 3.8) is 0 Å². The van der Waals surface area contributed by atoms with Crippen LogP contribution < -0.4 is 97.0 Å². The topological polar surface area (TPSA) is 759 Å². The van der Waals surface area contributed by atoms with Gasteiger partial charge in [-0.05, 0) is 131 Å². The molecule has 30 N–H and O–H groups in total. The SMILES string of the molecule is CC[C@H](C)[C@H](NC(=O)[C@H](CO)NC(=O)CNC(=O)[C@@H]1CCCN1C(=O)[C@H](CC(=O)O)NC(=O)[C@H](CCC(=O)O)NC(=O)[C@H](CCCNC(=N)N)NC(=O)[C@H](CCCCN)NC(=O)[C@@H](N)[C@@H](C)O)C(=O)N[C@H](C(=O)N[C@@H](CC(C)C)C(=O)N[C@@H](Cc1ccccc1)C(=O)N[C@@H](Cc1ccc(O)cc1)C(=O)N[C@@H](Cc1c[nH]c2ccccc12)C(=O)N[C@@H](Cc1c[nH]cn1)C(=O)N[C@@H](C)C(=O)O)C(C)C. The lowest BCUT2D eigenvalue weighted by Crippen LogP contribution is -2.62. The number of unbranched alkanes of at least 4 members (excludes halogenated alkanes) is 1. The quantitative estimate of drug-likeness (QED) is 0.00992. The molecule has 5 aromatic rings. The standard InChI is InChI=1S/C90H131N23O24/c1-9-48(6)74(112-83(130)67(44-114)101-69(117)43-98-84(131)68-25-18-34-113(68)88(135)66(40-71(120)121)110-77(124)60(30-31-70(118)119)103-76(123)59(24-17-33-96-90(93)94)102-75(122)58(23-15-16-32-91)104-85(132)72(92)50(8)115)87(134)111-73(47(4)5)86(133)109-61(35-46(2)3)79(126)105-62(36-51-19-11-10-12-20-51)80(127)106-63(37-52-26-28-55(116)29-27-52)81(128)107-64(38-53-41-97-57-22-14-13-21-56(53)57)82(129)108-65(39-54-42-95-45-99-54)78(125)100-49(7)89(136)137/h10-14,19-22,26-29,41-42,45-50,58-68,72-74,97,114-116H,9,15-18,23-25,30-40,43-44,91-92H2,1-8H3,(H,95,99)(H,98,131)(H,100,125)(H,101,117)(H,102,122)(H,103,123)(H,104,132)(H,105,126)(H,106,127)(H,107,128)(H,108,129)(H,109,133)(H,110,124)(H,111,134)(H,112,130)(H,118,119)(H,120,121)(H,136,137)(H4,93,94,96)/t48-,49-,50+,58-,59-,60-,61-,62-,63-,64-,65-,66-,67-,68-,72-,73-,74-/m0/s1. The van der Waals surface area contributed by atoms with Crippen LogP contribution in [0, 0.1) is 23.2 Å². The number of phenolic OH excluding ortho intramolecular Hbond substituents is 1. The van der Waals surface area contributed by atoms with Crippen LogP contribution in [0.4, 0.5) is 0 Å². The molecule has 47 nitrogen and oxygen atoms in total. The number of nitrogens with zero attached hydrogens (tertiary/aromatic N) is 2. The summed E-state index contributed by atoms with van der Waals surface area (Å²) in [5, 5.41) is 106. The number of hydrogen-bond donors (Lipinski definition) is 27. The van der Waals surface area contributed by atoms with E-state index < -0.39 is 253 Å². The molecule has 0 bridgehead atoms. The maximum Gasteiger partial charge on any atom is 0.325 e. The lowest BCUT2D eigenvalue weighted by Gasteiger charge is -2.31. The van der Waals surface area contributed by atoms with Crippen LogP contribution in [0.15, 0.2) is 97.6 Å². The van der Waals surface area contributed by atoms with E-state index in [1.165, 1.54) is 50.6 Å². The van der Waals surface area contributed by atoms with Gasteiger partial charge in [-0.1, -0.05) is 109 Å². The Bertz CT molecular complexity index is 4960. The number of hydrogen-bond acceptors (Lipinski definition) is 25. The zero-order chi connectivity index (χ0) is 101. The summed E-state index contributed by atoms with van der Waals surface area (Å²) < 4.78 is 0. The second-order valence-electron chi connectivity index (χ2n) is 34.5. The number of nitrogens with one attached hydrogen (secondary N) is 18. The molecule has 6 rings (SSSR count). The number of phenols is 1. The monoisotopic (exact) mass is 1920 g/mol. The number of likely N-dealkylation sites (tertiary alicyclic amines) is 1. The number of guanidine groups is 1. The minimum Gasteiger partial charge on any atom is -0.508 e. The minimum atomic E-state index is -2.00. The number of para-hydroxylation sites is 1. The van der Waals surface area contributed by atoms with Crippen molar-refractivity contribution in [3.8, 4) is 5.75 Å². The first-order chi connectivity index (χ1) is 64.9. The van der Waals surface area contributed by atoms with Gasteiger partial charge in [0.05, 0.1) is 37.7 Å². The average molecular weight is 1920 g/mol. The molecule has 1 aliphatic heterocycles. The fourth-order valence-electron chi connectivity index (χ4n) is 14.9. The molecule has 1 fully saturated rings. The zero-order valence-electron chi connectivity index (χ0n) is 77.7. The Hall–Kier alpha value is -14.2. The fraction of sp³-hybridized carbons (Fsp3) is 0.533. The molecule has 137 heavy (non-hydrogen) atoms. The molecule has 750 valence electrons. The third kappa shape index (κ3) is 36.5. The summed E-state index contributed by atoms with van der Waals surface area (Å²) in [6.45, 7) is 10.3. The number of aromatic amines is 2. The van der Waals surface area contributed by atoms with Crippen LogP contribution >= 0.6 is 0 Å². The van der Waals surface area contributed by atoms with E-state index in [9.17, 15) is 103 Å². The van der Waals surface area contributed by atoms with Gasteiger partial charge in [-0.25, -0.2) is 4.98 Å². The van der Waals surface area contributed by atoms with E-state index in [0.717, 1.165) is 4.90 Å². The van der Waals surface area contributed by atoms with Gasteiger partial charge in [0.25, 0.3) is 0 Å². The number of rotatable bonds is 58. The molecule has 2 aromatic heterocycles. The smallest absolute Gasteiger partial charge is 0.325 e. The highest BCUT2D eigenvalue weighted by atomic mass is 16.4. The molecule has 0 spiro atoms. The van der Waals surface area contributed by atoms with Gasteiger partial charge in [0.1, 0.15) is 96.4 Å². The Morgan fingerprint density at radius 2 is 1.04 bits per heavy atom. The first-order valence-electron chi connectivity index (χ1n) is 45.3. The summed E-state index contributed by atoms with van der Waals surface area (Å²) >= 11 is 0. The second-order valence-corrected chi connectivity index (χ2v) is 34.5. The van der Waals surface area contributed by atoms with Gasteiger partial charge in [0.15, 0.2) is 5.96 Å². The molecule has 0 radical (unpaired) electrons. The van der Waals surface area contributed by atoms with Crippen molar-refractivity contribution in [1.82, 2.24) is 99.6 Å². The molecule has 15 amide bonds. The van der Waals surface area contributed by atoms with Crippen molar-refractivity contribution in [3.05, 3.63) is 120 Å². The average Bonchev–Trinajstić information content (AvgIpc) is 1.72. The highest BCUT2D eigenvalue weighted by Crippen LogP contribution is 2.24. The van der Waals surface area contributed by atoms with Gasteiger partial charge in [0, 0.05) is 68.5 Å². The van der Waals surface area contributed by atoms with Crippen LogP contribution in [-0.4, -0.2) is 292 Å². The molecule has 1 saturated heterocycles. The zero-order valence-corrected chi connectivity index (χ0v) is 77.7. The van der Waals surface area contributed by atoms with E-state index in [1.807, 2.05) is 0 Å². The molecular weight excluding hydrogens is 1790 g/mol. The van der Waals surface area contributed by atoms with E-state index in [4.69, 9.17) is 22.6 Å². The highest BCUT2D eigenvalue weighted by Gasteiger charge is 2.43. The number of amides is 15. The van der Waals surface area contributed by atoms with E-state index in [2.05, 4.69) is 94.7 Å². The maximum atomic E-state index is 15.2. The third-order valence-corrected chi connectivity index (χ3v) is 22.8. The van der Waals surface area contributed by atoms with Crippen molar-refractivity contribution < 1.29 is 117 Å². The first kappa shape index (κ1) is 112. The Morgan fingerprint density at radius 3 is 1.58 bits per heavy atom. The number of aliphatic carboxylic acids is 3. The highest BCUT2D eigenvalue weighted by molar-refractivity contribution is 6.02. The summed E-state index contributed by atoms with van der Waals surface area (Å²) in [6, 6.07) is -2.24. The first-order valence-corrected chi connectivity index (χ1v) is 45.3. The van der Waals surface area contributed by atoms with Gasteiger partial charge >= 0.3 is 17.9 Å². The number of aliphatic hydroxyl groups is 2. The van der Waals surface area contributed by atoms with E-state index >= 15 is 14.4 Å². The predicted octanol–water partition coefficient (Wildman–Crippen LogP) is -4.44. The molecule has 3 aromatic carbocycles. The van der Waals surface area contributed by atoms with E-state index in [1.54, 1.807) is 102 Å². The van der Waals surface area contributed by atoms with E-state index in [0.29, 0.717) is 39.7 Å². The molecule has 47 heteroatoms. The molecular formula is C90H131N23O24. The number of carbonyl (C=O) groups is 18. The normalized spacial score (nSPS) is 15.9. The van der Waals surface area contributed by atoms with Crippen LogP contribution in [0.1, 0.15) is 155 Å². The number of aliphatic hydroxyl groups excluding tert-OH is 2. The van der Waals surface area contributed by atoms with Crippen molar-refractivity contribution in [2.75, 3.05) is 32.8 Å². The Kier molecular flexibility index (Phi) is 45.2. The van der Waals surface area contributed by atoms with Gasteiger partial charge in [-0.15, -0.1) is 0 Å². The Morgan fingerprint density at radius 1 is 0.533 bits per heavy atom. The molecule has 0 unspecified atom stereocenters. The number of imidazole rings is 1. The van der Waals surface area contributed by atoms with Crippen LogP contribution in [0.3, 0.4) is 0 Å². The van der Waals surface area contributed by atoms with Crippen LogP contribution in [-0.2, 0) is 112 Å².